The highest BCUT2D eigenvalue weighted by molar-refractivity contribution is 5.99. The number of aromatic nitrogens is 2. The third-order valence-corrected chi connectivity index (χ3v) is 4.00. The number of carbonyl (C=O) groups excluding carboxylic acids is 2. The predicted octanol–water partition coefficient (Wildman–Crippen LogP) is 1.86. The minimum absolute atomic E-state index is 0.207. The van der Waals surface area contributed by atoms with Crippen LogP contribution in [0.1, 0.15) is 45.5 Å². The topological polar surface area (TPSA) is 90.3 Å². The second kappa shape index (κ2) is 5.98. The number of amides is 2. The van der Waals surface area contributed by atoms with Gasteiger partial charge in [-0.05, 0) is 46.2 Å². The van der Waals surface area contributed by atoms with Crippen molar-refractivity contribution in [3.05, 3.63) is 34.4 Å². The first-order valence-corrected chi connectivity index (χ1v) is 8.21. The van der Waals surface area contributed by atoms with Crippen LogP contribution in [-0.2, 0) is 9.59 Å². The molecule has 1 fully saturated rings. The van der Waals surface area contributed by atoms with E-state index >= 15 is 0 Å². The van der Waals surface area contributed by atoms with Crippen LogP contribution >= 0.6 is 0 Å². The Morgan fingerprint density at radius 3 is 2.60 bits per heavy atom. The number of nitrogens with zero attached hydrogens (tertiary/aromatic N) is 2. The maximum absolute atomic E-state index is 12.9. The number of hydrogen-bond acceptors (Lipinski definition) is 5. The quantitative estimate of drug-likeness (QED) is 0.841. The average Bonchev–Trinajstić information content (AvgIpc) is 2.47. The third kappa shape index (κ3) is 3.40. The zero-order valence-electron chi connectivity index (χ0n) is 14.8. The first kappa shape index (κ1) is 17.1. The number of rotatable bonds is 2. The number of nitrogens with one attached hydrogen (secondary N) is 1. The van der Waals surface area contributed by atoms with Gasteiger partial charge < -0.3 is 4.74 Å². The van der Waals surface area contributed by atoms with Gasteiger partial charge in [-0.25, -0.2) is 4.98 Å². The van der Waals surface area contributed by atoms with Crippen LogP contribution in [0.5, 0.6) is 5.75 Å². The van der Waals surface area contributed by atoms with Crippen molar-refractivity contribution in [3.8, 4) is 5.75 Å². The summed E-state index contributed by atoms with van der Waals surface area (Å²) < 4.78 is 7.18. The van der Waals surface area contributed by atoms with Crippen LogP contribution in [0.2, 0.25) is 0 Å². The molecule has 0 spiro atoms. The zero-order chi connectivity index (χ0) is 18.4. The molecule has 2 aromatic rings. The maximum atomic E-state index is 12.9. The van der Waals surface area contributed by atoms with Gasteiger partial charge in [0.2, 0.25) is 11.8 Å². The molecule has 1 saturated heterocycles. The van der Waals surface area contributed by atoms with E-state index in [1.165, 1.54) is 4.57 Å². The number of aryl methyl sites for hydroxylation is 1. The number of carbonyl (C=O) groups is 2. The Morgan fingerprint density at radius 1 is 1.24 bits per heavy atom. The van der Waals surface area contributed by atoms with Gasteiger partial charge in [-0.2, -0.15) is 0 Å². The van der Waals surface area contributed by atoms with E-state index in [0.717, 1.165) is 0 Å². The van der Waals surface area contributed by atoms with E-state index in [1.807, 2.05) is 20.8 Å². The average molecular weight is 343 g/mol. The molecule has 2 amide bonds. The van der Waals surface area contributed by atoms with Gasteiger partial charge in [0.25, 0.3) is 5.56 Å². The second-order valence-electron chi connectivity index (χ2n) is 7.19. The SMILES string of the molecule is Cc1nc2cc(OC(C)(C)C)ccc2c(=O)n1C1CCC(=O)NC1=O. The molecule has 0 bridgehead atoms. The standard InChI is InChI=1S/C18H21N3O4/c1-10-19-13-9-11(25-18(2,3)4)5-6-12(13)17(24)21(10)14-7-8-15(22)20-16(14)23/h5-6,9,14H,7-8H2,1-4H3,(H,20,22,23). The second-order valence-corrected chi connectivity index (χ2v) is 7.19. The summed E-state index contributed by atoms with van der Waals surface area (Å²) >= 11 is 0. The van der Waals surface area contributed by atoms with E-state index in [-0.39, 0.29) is 23.5 Å². The van der Waals surface area contributed by atoms with Crippen LogP contribution in [0.3, 0.4) is 0 Å². The molecule has 1 aromatic carbocycles. The van der Waals surface area contributed by atoms with E-state index in [4.69, 9.17) is 4.74 Å². The summed E-state index contributed by atoms with van der Waals surface area (Å²) in [5.41, 5.74) is -0.128. The van der Waals surface area contributed by atoms with E-state index in [9.17, 15) is 14.4 Å². The molecular formula is C18H21N3O4. The fourth-order valence-corrected chi connectivity index (χ4v) is 3.00. The lowest BCUT2D eigenvalue weighted by atomic mass is 10.1. The summed E-state index contributed by atoms with van der Waals surface area (Å²) in [6.07, 6.45) is 0.502. The summed E-state index contributed by atoms with van der Waals surface area (Å²) in [4.78, 5) is 40.8. The van der Waals surface area contributed by atoms with Gasteiger partial charge in [0, 0.05) is 12.5 Å². The summed E-state index contributed by atoms with van der Waals surface area (Å²) in [5, 5.41) is 2.69. The van der Waals surface area contributed by atoms with Crippen LogP contribution < -0.4 is 15.6 Å². The highest BCUT2D eigenvalue weighted by Gasteiger charge is 2.30. The highest BCUT2D eigenvalue weighted by Crippen LogP contribution is 2.24. The van der Waals surface area contributed by atoms with Crippen molar-refractivity contribution < 1.29 is 14.3 Å². The minimum Gasteiger partial charge on any atom is -0.488 e. The zero-order valence-corrected chi connectivity index (χ0v) is 14.8. The van der Waals surface area contributed by atoms with Gasteiger partial charge in [-0.15, -0.1) is 0 Å². The molecule has 2 heterocycles. The first-order chi connectivity index (χ1) is 11.7. The maximum Gasteiger partial charge on any atom is 0.262 e. The van der Waals surface area contributed by atoms with Crippen molar-refractivity contribution in [1.29, 1.82) is 0 Å². The Morgan fingerprint density at radius 2 is 1.96 bits per heavy atom. The molecule has 1 N–H and O–H groups in total. The summed E-state index contributed by atoms with van der Waals surface area (Å²) in [6, 6.07) is 4.39. The minimum atomic E-state index is -0.715. The number of hydrogen-bond donors (Lipinski definition) is 1. The van der Waals surface area contributed by atoms with Crippen LogP contribution in [0.25, 0.3) is 10.9 Å². The van der Waals surface area contributed by atoms with Gasteiger partial charge in [0.1, 0.15) is 23.2 Å². The Hall–Kier alpha value is -2.70. The molecule has 7 heteroatoms. The normalized spacial score (nSPS) is 18.3. The highest BCUT2D eigenvalue weighted by atomic mass is 16.5. The molecular weight excluding hydrogens is 322 g/mol. The number of benzene rings is 1. The van der Waals surface area contributed by atoms with Gasteiger partial charge in [0.05, 0.1) is 10.9 Å². The molecule has 3 rings (SSSR count). The van der Waals surface area contributed by atoms with Gasteiger partial charge in [0.15, 0.2) is 0 Å². The molecule has 1 unspecified atom stereocenters. The monoisotopic (exact) mass is 343 g/mol. The van der Waals surface area contributed by atoms with E-state index in [1.54, 1.807) is 25.1 Å². The van der Waals surface area contributed by atoms with E-state index in [2.05, 4.69) is 10.3 Å². The fourth-order valence-electron chi connectivity index (χ4n) is 3.00. The molecule has 0 saturated carbocycles. The summed E-state index contributed by atoms with van der Waals surface area (Å²) in [7, 11) is 0. The van der Waals surface area contributed by atoms with Gasteiger partial charge in [-0.3, -0.25) is 24.3 Å². The molecule has 0 radical (unpaired) electrons. The summed E-state index contributed by atoms with van der Waals surface area (Å²) in [6.45, 7) is 7.51. The molecule has 132 valence electrons. The number of piperidine rings is 1. The van der Waals surface area contributed by atoms with Crippen LogP contribution in [0.4, 0.5) is 0 Å². The number of ether oxygens (including phenoxy) is 1. The van der Waals surface area contributed by atoms with Crippen LogP contribution in [0, 0.1) is 6.92 Å². The third-order valence-electron chi connectivity index (χ3n) is 4.00. The van der Waals surface area contributed by atoms with Gasteiger partial charge in [-0.1, -0.05) is 0 Å². The Balaban J connectivity index is 2.08. The summed E-state index contributed by atoms with van der Waals surface area (Å²) in [5.74, 6) is 0.282. The van der Waals surface area contributed by atoms with Crippen molar-refractivity contribution in [2.24, 2.45) is 0 Å². The van der Waals surface area contributed by atoms with E-state index < -0.39 is 11.9 Å². The predicted molar refractivity (Wildman–Crippen MR) is 92.5 cm³/mol. The molecule has 1 aromatic heterocycles. The Kier molecular flexibility index (Phi) is 4.10. The first-order valence-electron chi connectivity index (χ1n) is 8.21. The lowest BCUT2D eigenvalue weighted by Crippen LogP contribution is -2.45. The van der Waals surface area contributed by atoms with Crippen molar-refractivity contribution in [2.45, 2.75) is 52.2 Å². The van der Waals surface area contributed by atoms with Crippen molar-refractivity contribution in [3.63, 3.8) is 0 Å². The lowest BCUT2D eigenvalue weighted by molar-refractivity contribution is -0.135. The lowest BCUT2D eigenvalue weighted by Gasteiger charge is -2.25. The molecule has 0 aliphatic carbocycles. The van der Waals surface area contributed by atoms with Crippen molar-refractivity contribution >= 4 is 22.7 Å². The van der Waals surface area contributed by atoms with E-state index in [0.29, 0.717) is 28.9 Å². The van der Waals surface area contributed by atoms with Crippen molar-refractivity contribution in [2.75, 3.05) is 0 Å². The molecule has 25 heavy (non-hydrogen) atoms. The molecule has 1 aliphatic heterocycles. The smallest absolute Gasteiger partial charge is 0.262 e. The van der Waals surface area contributed by atoms with Crippen LogP contribution in [0.15, 0.2) is 23.0 Å². The number of fused-ring (bicyclic) bond motifs is 1. The Labute approximate surface area is 145 Å². The number of imide groups is 1. The fraction of sp³-hybridized carbons (Fsp3) is 0.444. The van der Waals surface area contributed by atoms with Crippen molar-refractivity contribution in [1.82, 2.24) is 14.9 Å². The Bertz CT molecular complexity index is 924. The largest absolute Gasteiger partial charge is 0.488 e. The molecule has 1 atom stereocenters. The van der Waals surface area contributed by atoms with Gasteiger partial charge >= 0.3 is 0 Å². The molecule has 1 aliphatic rings. The van der Waals surface area contributed by atoms with Crippen LogP contribution in [-0.4, -0.2) is 27.0 Å². The molecule has 7 nitrogen and oxygen atoms in total.